The average Bonchev–Trinajstić information content (AvgIpc) is 3.57. The van der Waals surface area contributed by atoms with Gasteiger partial charge in [0.25, 0.3) is 5.91 Å². The van der Waals surface area contributed by atoms with E-state index in [0.717, 1.165) is 43.5 Å². The van der Waals surface area contributed by atoms with Crippen molar-refractivity contribution in [1.82, 2.24) is 14.8 Å². The van der Waals surface area contributed by atoms with Crippen LogP contribution in [0.3, 0.4) is 0 Å². The largest absolute Gasteiger partial charge is 0.454 e. The SMILES string of the molecule is Cn1ncc2c1CCc1sc(N(CC3CCCO3)C(=O)c3ccc4c(c3)OCO4)nc1-2. The molecular weight excluding hydrogens is 416 g/mol. The second-order valence-electron chi connectivity index (χ2n) is 8.02. The van der Waals surface area contributed by atoms with Gasteiger partial charge in [0.1, 0.15) is 0 Å². The number of carbonyl (C=O) groups excluding carboxylic acids is 1. The Labute approximate surface area is 183 Å². The molecule has 0 saturated carbocycles. The van der Waals surface area contributed by atoms with Gasteiger partial charge in [-0.15, -0.1) is 11.3 Å². The molecule has 160 valence electrons. The molecule has 1 fully saturated rings. The van der Waals surface area contributed by atoms with E-state index in [-0.39, 0.29) is 18.8 Å². The molecule has 1 saturated heterocycles. The molecule has 1 aromatic carbocycles. The van der Waals surface area contributed by atoms with Gasteiger partial charge in [-0.25, -0.2) is 4.98 Å². The Morgan fingerprint density at radius 3 is 3.06 bits per heavy atom. The van der Waals surface area contributed by atoms with Crippen LogP contribution in [0.1, 0.15) is 33.8 Å². The van der Waals surface area contributed by atoms with E-state index >= 15 is 0 Å². The summed E-state index contributed by atoms with van der Waals surface area (Å²) >= 11 is 1.59. The average molecular weight is 439 g/mol. The second-order valence-corrected chi connectivity index (χ2v) is 9.08. The number of anilines is 1. The minimum Gasteiger partial charge on any atom is -0.454 e. The monoisotopic (exact) mass is 438 g/mol. The van der Waals surface area contributed by atoms with Crippen LogP contribution in [0, 0.1) is 0 Å². The van der Waals surface area contributed by atoms with Gasteiger partial charge in [0, 0.05) is 35.4 Å². The molecule has 9 heteroatoms. The van der Waals surface area contributed by atoms with E-state index in [2.05, 4.69) is 5.10 Å². The summed E-state index contributed by atoms with van der Waals surface area (Å²) in [6.07, 6.45) is 5.70. The zero-order valence-electron chi connectivity index (χ0n) is 17.2. The lowest BCUT2D eigenvalue weighted by Crippen LogP contribution is -2.37. The van der Waals surface area contributed by atoms with Crippen molar-refractivity contribution in [3.8, 4) is 22.8 Å². The van der Waals surface area contributed by atoms with Crippen molar-refractivity contribution < 1.29 is 19.0 Å². The molecule has 4 heterocycles. The molecule has 2 aliphatic heterocycles. The molecule has 3 aliphatic rings. The quantitative estimate of drug-likeness (QED) is 0.623. The highest BCUT2D eigenvalue weighted by molar-refractivity contribution is 7.16. The molecule has 1 aliphatic carbocycles. The first-order valence-electron chi connectivity index (χ1n) is 10.5. The highest BCUT2D eigenvalue weighted by Gasteiger charge is 2.31. The highest BCUT2D eigenvalue weighted by Crippen LogP contribution is 2.40. The van der Waals surface area contributed by atoms with Gasteiger partial charge in [0.05, 0.1) is 24.5 Å². The summed E-state index contributed by atoms with van der Waals surface area (Å²) in [7, 11) is 1.96. The van der Waals surface area contributed by atoms with Crippen LogP contribution < -0.4 is 14.4 Å². The fourth-order valence-electron chi connectivity index (χ4n) is 4.45. The number of fused-ring (bicyclic) bond motifs is 4. The Morgan fingerprint density at radius 1 is 1.29 bits per heavy atom. The number of nitrogens with zero attached hydrogens (tertiary/aromatic N) is 4. The van der Waals surface area contributed by atoms with Crippen LogP contribution in [0.4, 0.5) is 5.13 Å². The van der Waals surface area contributed by atoms with E-state index in [0.29, 0.717) is 28.7 Å². The summed E-state index contributed by atoms with van der Waals surface area (Å²) in [5, 5.41) is 5.11. The van der Waals surface area contributed by atoms with Crippen molar-refractivity contribution in [2.75, 3.05) is 24.8 Å². The molecule has 1 unspecified atom stereocenters. The Balaban J connectivity index is 1.38. The molecule has 0 bridgehead atoms. The number of ether oxygens (including phenoxy) is 3. The van der Waals surface area contributed by atoms with Crippen molar-refractivity contribution >= 4 is 22.4 Å². The normalized spacial score (nSPS) is 18.7. The van der Waals surface area contributed by atoms with Gasteiger partial charge < -0.3 is 14.2 Å². The number of thiazole rings is 1. The summed E-state index contributed by atoms with van der Waals surface area (Å²) in [6.45, 7) is 1.41. The number of benzene rings is 1. The maximum absolute atomic E-state index is 13.6. The van der Waals surface area contributed by atoms with Crippen LogP contribution in [0.25, 0.3) is 11.3 Å². The van der Waals surface area contributed by atoms with Crippen molar-refractivity contribution in [3.05, 3.63) is 40.5 Å². The van der Waals surface area contributed by atoms with Crippen LogP contribution in [0.5, 0.6) is 11.5 Å². The van der Waals surface area contributed by atoms with Crippen molar-refractivity contribution in [2.45, 2.75) is 31.8 Å². The molecule has 8 nitrogen and oxygen atoms in total. The molecule has 31 heavy (non-hydrogen) atoms. The van der Waals surface area contributed by atoms with Gasteiger partial charge in [-0.3, -0.25) is 14.4 Å². The molecule has 3 aromatic rings. The zero-order valence-corrected chi connectivity index (χ0v) is 18.0. The number of hydrogen-bond donors (Lipinski definition) is 0. The van der Waals surface area contributed by atoms with Gasteiger partial charge in [0.15, 0.2) is 16.6 Å². The number of aryl methyl sites for hydroxylation is 2. The Hall–Kier alpha value is -2.91. The minimum atomic E-state index is -0.105. The molecule has 2 aromatic heterocycles. The van der Waals surface area contributed by atoms with Crippen LogP contribution >= 0.6 is 11.3 Å². The van der Waals surface area contributed by atoms with Crippen molar-refractivity contribution in [1.29, 1.82) is 0 Å². The van der Waals surface area contributed by atoms with E-state index in [1.807, 2.05) is 17.9 Å². The smallest absolute Gasteiger partial charge is 0.260 e. The van der Waals surface area contributed by atoms with Crippen LogP contribution in [-0.2, 0) is 24.6 Å². The number of aromatic nitrogens is 3. The molecule has 0 spiro atoms. The van der Waals surface area contributed by atoms with Gasteiger partial charge in [-0.05, 0) is 43.9 Å². The van der Waals surface area contributed by atoms with E-state index in [1.54, 1.807) is 34.4 Å². The predicted molar refractivity (Wildman–Crippen MR) is 115 cm³/mol. The van der Waals surface area contributed by atoms with Crippen molar-refractivity contribution in [2.24, 2.45) is 7.05 Å². The summed E-state index contributed by atoms with van der Waals surface area (Å²) in [4.78, 5) is 21.5. The van der Waals surface area contributed by atoms with Gasteiger partial charge in [0.2, 0.25) is 6.79 Å². The van der Waals surface area contributed by atoms with E-state index < -0.39 is 0 Å². The van der Waals surface area contributed by atoms with Crippen LogP contribution in [0.2, 0.25) is 0 Å². The maximum atomic E-state index is 13.6. The first-order valence-corrected chi connectivity index (χ1v) is 11.3. The van der Waals surface area contributed by atoms with Gasteiger partial charge in [-0.1, -0.05) is 0 Å². The lowest BCUT2D eigenvalue weighted by molar-refractivity contribution is 0.0917. The fourth-order valence-corrected chi connectivity index (χ4v) is 5.53. The molecular formula is C22H22N4O4S. The van der Waals surface area contributed by atoms with Crippen LogP contribution in [-0.4, -0.2) is 46.7 Å². The number of hydrogen-bond acceptors (Lipinski definition) is 7. The number of rotatable bonds is 4. The lowest BCUT2D eigenvalue weighted by atomic mass is 10.0. The summed E-state index contributed by atoms with van der Waals surface area (Å²) < 4.78 is 18.6. The van der Waals surface area contributed by atoms with E-state index in [4.69, 9.17) is 19.2 Å². The predicted octanol–water partition coefficient (Wildman–Crippen LogP) is 3.20. The first kappa shape index (κ1) is 18.8. The Bertz CT molecular complexity index is 1160. The van der Waals surface area contributed by atoms with Crippen molar-refractivity contribution in [3.63, 3.8) is 0 Å². The maximum Gasteiger partial charge on any atom is 0.260 e. The van der Waals surface area contributed by atoms with Gasteiger partial charge >= 0.3 is 0 Å². The van der Waals surface area contributed by atoms with Gasteiger partial charge in [-0.2, -0.15) is 5.10 Å². The summed E-state index contributed by atoms with van der Waals surface area (Å²) in [5.41, 5.74) is 3.76. The minimum absolute atomic E-state index is 0.0211. The standard InChI is InChI=1S/C22H22N4O4S/c1-25-16-5-7-19-20(15(16)10-23-25)24-22(31-19)26(11-14-3-2-8-28-14)21(27)13-4-6-17-18(9-13)30-12-29-17/h4,6,9-10,14H,2-3,5,7-8,11-12H2,1H3. The summed E-state index contributed by atoms with van der Waals surface area (Å²) in [5.74, 6) is 1.16. The van der Waals surface area contributed by atoms with E-state index in [1.165, 1.54) is 10.6 Å². The first-order chi connectivity index (χ1) is 15.2. The Kier molecular flexibility index (Phi) is 4.46. The fraction of sp³-hybridized carbons (Fsp3) is 0.409. The topological polar surface area (TPSA) is 78.7 Å². The molecule has 0 radical (unpaired) electrons. The molecule has 1 atom stereocenters. The lowest BCUT2D eigenvalue weighted by Gasteiger charge is -2.23. The highest BCUT2D eigenvalue weighted by atomic mass is 32.1. The molecule has 6 rings (SSSR count). The molecule has 0 N–H and O–H groups in total. The number of amides is 1. The number of carbonyl (C=O) groups is 1. The third kappa shape index (κ3) is 3.19. The zero-order chi connectivity index (χ0) is 20.9. The third-order valence-corrected chi connectivity index (χ3v) is 7.24. The third-order valence-electron chi connectivity index (χ3n) is 6.10. The Morgan fingerprint density at radius 2 is 2.19 bits per heavy atom. The molecule has 1 amide bonds. The van der Waals surface area contributed by atoms with Crippen LogP contribution in [0.15, 0.2) is 24.4 Å². The van der Waals surface area contributed by atoms with E-state index in [9.17, 15) is 4.79 Å². The second kappa shape index (κ2) is 7.35. The summed E-state index contributed by atoms with van der Waals surface area (Å²) in [6, 6.07) is 5.32.